The van der Waals surface area contributed by atoms with Crippen molar-refractivity contribution < 1.29 is 0 Å². The number of rotatable bonds is 0. The summed E-state index contributed by atoms with van der Waals surface area (Å²) in [5.41, 5.74) is 1.21. The monoisotopic (exact) mass is 312 g/mol. The van der Waals surface area contributed by atoms with E-state index in [9.17, 15) is 0 Å². The van der Waals surface area contributed by atoms with E-state index in [1.54, 1.807) is 11.8 Å². The Kier molecular flexibility index (Phi) is 2.77. The van der Waals surface area contributed by atoms with E-state index in [-0.39, 0.29) is 0 Å². The first-order chi connectivity index (χ1) is 7.75. The molecule has 0 spiro atoms. The zero-order chi connectivity index (χ0) is 11.1. The molecular formula is C11H9BrN2S2. The molecule has 0 saturated heterocycles. The largest absolute Gasteiger partial charge is 0.311 e. The molecule has 0 amide bonds. The molecule has 82 valence electrons. The Hall–Kier alpha value is -0.390. The van der Waals surface area contributed by atoms with Crippen LogP contribution in [0.2, 0.25) is 0 Å². The fourth-order valence-electron chi connectivity index (χ4n) is 1.93. The maximum absolute atomic E-state index is 5.42. The summed E-state index contributed by atoms with van der Waals surface area (Å²) >= 11 is 10.6. The van der Waals surface area contributed by atoms with Crippen LogP contribution in [0.3, 0.4) is 0 Å². The van der Waals surface area contributed by atoms with Gasteiger partial charge >= 0.3 is 0 Å². The fourth-order valence-corrected chi connectivity index (χ4v) is 3.82. The van der Waals surface area contributed by atoms with Gasteiger partial charge in [0.1, 0.15) is 10.2 Å². The summed E-state index contributed by atoms with van der Waals surface area (Å²) in [5.74, 6) is 1.05. The van der Waals surface area contributed by atoms with Gasteiger partial charge in [-0.2, -0.15) is 0 Å². The number of aliphatic imine (C=N–C) groups is 1. The van der Waals surface area contributed by atoms with Gasteiger partial charge in [-0.3, -0.25) is 4.99 Å². The molecule has 16 heavy (non-hydrogen) atoms. The van der Waals surface area contributed by atoms with E-state index < -0.39 is 0 Å². The molecule has 0 atom stereocenters. The second kappa shape index (κ2) is 4.13. The van der Waals surface area contributed by atoms with Gasteiger partial charge in [-0.25, -0.2) is 0 Å². The standard InChI is InChI=1S/C11H9BrN2S2/c12-7-2-3-8-9(6-7)16-11(15)14-5-1-4-13-10(8)14/h2-3,6H,1,4-5H2. The third-order valence-electron chi connectivity index (χ3n) is 2.66. The van der Waals surface area contributed by atoms with E-state index >= 15 is 0 Å². The van der Waals surface area contributed by atoms with Gasteiger partial charge < -0.3 is 4.90 Å². The Bertz CT molecular complexity index is 499. The number of thioether (sulfide) groups is 1. The number of nitrogens with zero attached hydrogens (tertiary/aromatic N) is 2. The number of amidine groups is 1. The first-order valence-corrected chi connectivity index (χ1v) is 7.11. The molecule has 0 unspecified atom stereocenters. The quantitative estimate of drug-likeness (QED) is 0.684. The highest BCUT2D eigenvalue weighted by atomic mass is 79.9. The smallest absolute Gasteiger partial charge is 0.146 e. The van der Waals surface area contributed by atoms with Crippen molar-refractivity contribution >= 4 is 50.1 Å². The van der Waals surface area contributed by atoms with Crippen LogP contribution in [0.25, 0.3) is 0 Å². The second-order valence-corrected chi connectivity index (χ2v) is 6.31. The molecule has 0 fully saturated rings. The van der Waals surface area contributed by atoms with Crippen LogP contribution < -0.4 is 0 Å². The van der Waals surface area contributed by atoms with Gasteiger partial charge in [0.2, 0.25) is 0 Å². The van der Waals surface area contributed by atoms with Crippen molar-refractivity contribution in [3.05, 3.63) is 28.2 Å². The molecule has 2 nitrogen and oxygen atoms in total. The number of halogens is 1. The van der Waals surface area contributed by atoms with Gasteiger partial charge in [0.25, 0.3) is 0 Å². The van der Waals surface area contributed by atoms with E-state index in [1.165, 1.54) is 10.5 Å². The lowest BCUT2D eigenvalue weighted by Gasteiger charge is -2.34. The van der Waals surface area contributed by atoms with E-state index in [2.05, 4.69) is 44.0 Å². The SMILES string of the molecule is S=C1Sc2cc(Br)ccc2C2=NCCCN12. The zero-order valence-electron chi connectivity index (χ0n) is 8.44. The molecule has 0 N–H and O–H groups in total. The van der Waals surface area contributed by atoms with Gasteiger partial charge in [0.05, 0.1) is 0 Å². The van der Waals surface area contributed by atoms with Gasteiger partial charge in [0, 0.05) is 28.0 Å². The Morgan fingerprint density at radius 3 is 3.19 bits per heavy atom. The van der Waals surface area contributed by atoms with Crippen molar-refractivity contribution in [1.29, 1.82) is 0 Å². The highest BCUT2D eigenvalue weighted by Crippen LogP contribution is 2.35. The molecule has 0 radical (unpaired) electrons. The van der Waals surface area contributed by atoms with Gasteiger partial charge in [-0.15, -0.1) is 0 Å². The number of hydrogen-bond donors (Lipinski definition) is 0. The summed E-state index contributed by atoms with van der Waals surface area (Å²) < 4.78 is 2.01. The molecule has 1 aromatic rings. The Labute approximate surface area is 112 Å². The molecule has 0 bridgehead atoms. The minimum atomic E-state index is 0.911. The lowest BCUT2D eigenvalue weighted by Crippen LogP contribution is -2.41. The van der Waals surface area contributed by atoms with Crippen LogP contribution in [0.1, 0.15) is 12.0 Å². The number of benzene rings is 1. The van der Waals surface area contributed by atoms with Crippen LogP contribution in [-0.4, -0.2) is 28.1 Å². The van der Waals surface area contributed by atoms with E-state index in [0.717, 1.165) is 34.1 Å². The zero-order valence-corrected chi connectivity index (χ0v) is 11.7. The highest BCUT2D eigenvalue weighted by molar-refractivity contribution is 9.10. The van der Waals surface area contributed by atoms with Crippen LogP contribution in [-0.2, 0) is 0 Å². The Morgan fingerprint density at radius 1 is 1.44 bits per heavy atom. The second-order valence-electron chi connectivity index (χ2n) is 3.72. The molecule has 0 aliphatic carbocycles. The van der Waals surface area contributed by atoms with Crippen molar-refractivity contribution in [2.75, 3.05) is 13.1 Å². The van der Waals surface area contributed by atoms with Crippen LogP contribution >= 0.6 is 39.9 Å². The topological polar surface area (TPSA) is 15.6 Å². The molecule has 1 aromatic carbocycles. The highest BCUT2D eigenvalue weighted by Gasteiger charge is 2.28. The van der Waals surface area contributed by atoms with Crippen LogP contribution in [0.4, 0.5) is 0 Å². The molecule has 2 aliphatic rings. The maximum atomic E-state index is 5.42. The molecule has 0 saturated carbocycles. The summed E-state index contributed by atoms with van der Waals surface area (Å²) in [6.07, 6.45) is 1.09. The average molecular weight is 313 g/mol. The van der Waals surface area contributed by atoms with Gasteiger partial charge in [-0.05, 0) is 24.6 Å². The molecular weight excluding hydrogens is 304 g/mol. The first kappa shape index (κ1) is 10.7. The number of hydrogen-bond acceptors (Lipinski definition) is 3. The minimum Gasteiger partial charge on any atom is -0.311 e. The lowest BCUT2D eigenvalue weighted by molar-refractivity contribution is 0.560. The van der Waals surface area contributed by atoms with Crippen molar-refractivity contribution in [2.24, 2.45) is 4.99 Å². The van der Waals surface area contributed by atoms with Crippen molar-refractivity contribution in [1.82, 2.24) is 4.90 Å². The Morgan fingerprint density at radius 2 is 2.31 bits per heavy atom. The minimum absolute atomic E-state index is 0.911. The summed E-state index contributed by atoms with van der Waals surface area (Å²) in [6.45, 7) is 1.91. The van der Waals surface area contributed by atoms with Crippen molar-refractivity contribution in [2.45, 2.75) is 11.3 Å². The van der Waals surface area contributed by atoms with Crippen LogP contribution in [0.5, 0.6) is 0 Å². The lowest BCUT2D eigenvalue weighted by atomic mass is 10.1. The Balaban J connectivity index is 2.16. The molecule has 0 aromatic heterocycles. The van der Waals surface area contributed by atoms with Crippen molar-refractivity contribution in [3.8, 4) is 0 Å². The summed E-state index contributed by atoms with van der Waals surface area (Å²) in [5, 5.41) is 0. The van der Waals surface area contributed by atoms with Crippen LogP contribution in [0, 0.1) is 0 Å². The molecule has 5 heteroatoms. The number of thiocarbonyl (C=S) groups is 1. The molecule has 3 rings (SSSR count). The number of fused-ring (bicyclic) bond motifs is 3. The predicted molar refractivity (Wildman–Crippen MR) is 75.3 cm³/mol. The summed E-state index contributed by atoms with van der Waals surface area (Å²) in [7, 11) is 0. The third kappa shape index (κ3) is 1.71. The van der Waals surface area contributed by atoms with Crippen LogP contribution in [0.15, 0.2) is 32.6 Å². The summed E-state index contributed by atoms with van der Waals surface area (Å²) in [6, 6.07) is 6.29. The van der Waals surface area contributed by atoms with Crippen molar-refractivity contribution in [3.63, 3.8) is 0 Å². The molecule has 2 aliphatic heterocycles. The summed E-state index contributed by atoms with van der Waals surface area (Å²) in [4.78, 5) is 7.96. The molecule has 2 heterocycles. The van der Waals surface area contributed by atoms with E-state index in [1.807, 2.05) is 0 Å². The third-order valence-corrected chi connectivity index (χ3v) is 4.58. The fraction of sp³-hybridized carbons (Fsp3) is 0.273. The average Bonchev–Trinajstić information content (AvgIpc) is 2.29. The maximum Gasteiger partial charge on any atom is 0.146 e. The first-order valence-electron chi connectivity index (χ1n) is 5.09. The normalized spacial score (nSPS) is 18.9. The van der Waals surface area contributed by atoms with Gasteiger partial charge in [0.15, 0.2) is 0 Å². The van der Waals surface area contributed by atoms with E-state index in [0.29, 0.717) is 0 Å². The van der Waals surface area contributed by atoms with Gasteiger partial charge in [-0.1, -0.05) is 39.9 Å². The van der Waals surface area contributed by atoms with E-state index in [4.69, 9.17) is 12.2 Å². The predicted octanol–water partition coefficient (Wildman–Crippen LogP) is 3.29.